The first-order chi connectivity index (χ1) is 14.2. The Labute approximate surface area is 175 Å². The SMILES string of the molecule is Cc1cnc(Nc2cc(C3CCN(C(=O)/C=C/c4ccccc4)CC3)ccn2)s1. The molecule has 148 valence electrons. The monoisotopic (exact) mass is 404 g/mol. The number of nitrogens with one attached hydrogen (secondary N) is 1. The number of hydrogen-bond acceptors (Lipinski definition) is 5. The van der Waals surface area contributed by atoms with Crippen LogP contribution in [0.25, 0.3) is 6.08 Å². The fourth-order valence-corrected chi connectivity index (χ4v) is 4.23. The van der Waals surface area contributed by atoms with Crippen molar-refractivity contribution >= 4 is 34.3 Å². The van der Waals surface area contributed by atoms with Gasteiger partial charge in [0.1, 0.15) is 5.82 Å². The van der Waals surface area contributed by atoms with E-state index in [1.807, 2.05) is 60.6 Å². The minimum Gasteiger partial charge on any atom is -0.339 e. The molecule has 3 aromatic rings. The molecule has 3 heterocycles. The summed E-state index contributed by atoms with van der Waals surface area (Å²) >= 11 is 1.62. The number of carbonyl (C=O) groups is 1. The maximum atomic E-state index is 12.5. The van der Waals surface area contributed by atoms with Crippen LogP contribution in [0.15, 0.2) is 60.9 Å². The van der Waals surface area contributed by atoms with Crippen LogP contribution in [0.5, 0.6) is 0 Å². The lowest BCUT2D eigenvalue weighted by molar-refractivity contribution is -0.126. The van der Waals surface area contributed by atoms with Gasteiger partial charge in [0.25, 0.3) is 0 Å². The van der Waals surface area contributed by atoms with Gasteiger partial charge in [-0.15, -0.1) is 11.3 Å². The first-order valence-electron chi connectivity index (χ1n) is 9.85. The summed E-state index contributed by atoms with van der Waals surface area (Å²) in [6, 6.07) is 14.1. The second-order valence-corrected chi connectivity index (χ2v) is 8.45. The van der Waals surface area contributed by atoms with Crippen LogP contribution in [0.1, 0.15) is 34.8 Å². The van der Waals surface area contributed by atoms with E-state index in [2.05, 4.69) is 27.4 Å². The van der Waals surface area contributed by atoms with Gasteiger partial charge in [-0.25, -0.2) is 9.97 Å². The predicted octanol–water partition coefficient (Wildman–Crippen LogP) is 5.01. The van der Waals surface area contributed by atoms with Crippen molar-refractivity contribution in [3.05, 3.63) is 76.9 Å². The lowest BCUT2D eigenvalue weighted by Crippen LogP contribution is -2.36. The first kappa shape index (κ1) is 19.3. The molecule has 1 aromatic carbocycles. The van der Waals surface area contributed by atoms with Crippen molar-refractivity contribution in [2.45, 2.75) is 25.7 Å². The molecule has 0 unspecified atom stereocenters. The molecule has 6 heteroatoms. The van der Waals surface area contributed by atoms with Gasteiger partial charge in [0, 0.05) is 36.4 Å². The minimum absolute atomic E-state index is 0.0866. The topological polar surface area (TPSA) is 58.1 Å². The summed E-state index contributed by atoms with van der Waals surface area (Å²) in [6.07, 6.45) is 9.19. The molecule has 0 aliphatic carbocycles. The molecule has 5 nitrogen and oxygen atoms in total. The molecule has 1 amide bonds. The van der Waals surface area contributed by atoms with Crippen LogP contribution >= 0.6 is 11.3 Å². The Morgan fingerprint density at radius 1 is 1.17 bits per heavy atom. The number of carbonyl (C=O) groups excluding carboxylic acids is 1. The zero-order valence-corrected chi connectivity index (χ0v) is 17.2. The third-order valence-electron chi connectivity index (χ3n) is 5.14. The van der Waals surface area contributed by atoms with E-state index in [9.17, 15) is 4.79 Å². The molecule has 0 atom stereocenters. The van der Waals surface area contributed by atoms with Crippen LogP contribution in [0, 0.1) is 6.92 Å². The van der Waals surface area contributed by atoms with Crippen LogP contribution in [0.2, 0.25) is 0 Å². The van der Waals surface area contributed by atoms with Gasteiger partial charge >= 0.3 is 0 Å². The Balaban J connectivity index is 1.34. The van der Waals surface area contributed by atoms with Crippen molar-refractivity contribution in [1.82, 2.24) is 14.9 Å². The van der Waals surface area contributed by atoms with Crippen LogP contribution in [-0.4, -0.2) is 33.9 Å². The van der Waals surface area contributed by atoms with Gasteiger partial charge in [-0.2, -0.15) is 0 Å². The summed E-state index contributed by atoms with van der Waals surface area (Å²) in [5.74, 6) is 1.35. The Bertz CT molecular complexity index is 991. The van der Waals surface area contributed by atoms with E-state index < -0.39 is 0 Å². The zero-order chi connectivity index (χ0) is 20.1. The Hall–Kier alpha value is -2.99. The van der Waals surface area contributed by atoms with E-state index in [0.717, 1.165) is 42.4 Å². The third kappa shape index (κ3) is 5.09. The Kier molecular flexibility index (Phi) is 6.00. The summed E-state index contributed by atoms with van der Waals surface area (Å²) in [4.78, 5) is 24.4. The number of pyridine rings is 1. The predicted molar refractivity (Wildman–Crippen MR) is 118 cm³/mol. The highest BCUT2D eigenvalue weighted by Crippen LogP contribution is 2.30. The molecular weight excluding hydrogens is 380 g/mol. The Morgan fingerprint density at radius 2 is 1.97 bits per heavy atom. The minimum atomic E-state index is 0.0866. The van der Waals surface area contributed by atoms with E-state index in [4.69, 9.17) is 0 Å². The third-order valence-corrected chi connectivity index (χ3v) is 5.96. The summed E-state index contributed by atoms with van der Waals surface area (Å²) in [6.45, 7) is 3.59. The lowest BCUT2D eigenvalue weighted by atomic mass is 9.90. The highest BCUT2D eigenvalue weighted by molar-refractivity contribution is 7.15. The van der Waals surface area contributed by atoms with E-state index >= 15 is 0 Å². The number of piperidine rings is 1. The van der Waals surface area contributed by atoms with Crippen molar-refractivity contribution in [1.29, 1.82) is 0 Å². The number of likely N-dealkylation sites (tertiary alicyclic amines) is 1. The molecule has 1 aliphatic heterocycles. The van der Waals surface area contributed by atoms with Crippen LogP contribution in [0.4, 0.5) is 10.9 Å². The molecule has 2 aromatic heterocycles. The van der Waals surface area contributed by atoms with Crippen LogP contribution in [-0.2, 0) is 4.79 Å². The standard InChI is InChI=1S/C23H24N4OS/c1-17-16-25-23(29-17)26-21-15-20(9-12-24-21)19-10-13-27(14-11-19)22(28)8-7-18-5-3-2-4-6-18/h2-9,12,15-16,19H,10-11,13-14H2,1H3,(H,24,25,26)/b8-7+. The van der Waals surface area contributed by atoms with Crippen molar-refractivity contribution in [2.75, 3.05) is 18.4 Å². The molecule has 1 aliphatic rings. The van der Waals surface area contributed by atoms with Gasteiger partial charge < -0.3 is 10.2 Å². The number of aryl methyl sites for hydroxylation is 1. The highest BCUT2D eigenvalue weighted by atomic mass is 32.1. The summed E-state index contributed by atoms with van der Waals surface area (Å²) < 4.78 is 0. The smallest absolute Gasteiger partial charge is 0.246 e. The van der Waals surface area contributed by atoms with Crippen molar-refractivity contribution < 1.29 is 4.79 Å². The molecule has 0 bridgehead atoms. The fourth-order valence-electron chi connectivity index (χ4n) is 3.56. The molecular formula is C23H24N4OS. The van der Waals surface area contributed by atoms with E-state index in [1.165, 1.54) is 10.4 Å². The molecule has 4 rings (SSSR count). The molecule has 1 N–H and O–H groups in total. The number of hydrogen-bond donors (Lipinski definition) is 1. The average Bonchev–Trinajstić information content (AvgIpc) is 3.17. The van der Waals surface area contributed by atoms with Gasteiger partial charge in [0.15, 0.2) is 5.13 Å². The van der Waals surface area contributed by atoms with Gasteiger partial charge in [0.05, 0.1) is 0 Å². The first-order valence-corrected chi connectivity index (χ1v) is 10.7. The number of aromatic nitrogens is 2. The van der Waals surface area contributed by atoms with E-state index in [0.29, 0.717) is 5.92 Å². The van der Waals surface area contributed by atoms with Gasteiger partial charge in [-0.3, -0.25) is 4.79 Å². The van der Waals surface area contributed by atoms with Crippen molar-refractivity contribution in [3.63, 3.8) is 0 Å². The molecule has 0 saturated carbocycles. The number of thiazole rings is 1. The van der Waals surface area contributed by atoms with Gasteiger partial charge in [0.2, 0.25) is 5.91 Å². The van der Waals surface area contributed by atoms with E-state index in [-0.39, 0.29) is 5.91 Å². The molecule has 0 spiro atoms. The average molecular weight is 405 g/mol. The van der Waals surface area contributed by atoms with Crippen molar-refractivity contribution in [2.24, 2.45) is 0 Å². The maximum Gasteiger partial charge on any atom is 0.246 e. The van der Waals surface area contributed by atoms with E-state index in [1.54, 1.807) is 17.4 Å². The van der Waals surface area contributed by atoms with Crippen molar-refractivity contribution in [3.8, 4) is 0 Å². The summed E-state index contributed by atoms with van der Waals surface area (Å²) in [5, 5.41) is 4.15. The molecule has 29 heavy (non-hydrogen) atoms. The maximum absolute atomic E-state index is 12.5. The number of benzene rings is 1. The summed E-state index contributed by atoms with van der Waals surface area (Å²) in [5.41, 5.74) is 2.31. The lowest BCUT2D eigenvalue weighted by Gasteiger charge is -2.31. The number of amides is 1. The number of nitrogens with zero attached hydrogens (tertiary/aromatic N) is 3. The van der Waals surface area contributed by atoms with Gasteiger partial charge in [-0.1, -0.05) is 30.3 Å². The highest BCUT2D eigenvalue weighted by Gasteiger charge is 2.23. The summed E-state index contributed by atoms with van der Waals surface area (Å²) in [7, 11) is 0. The molecule has 1 fully saturated rings. The molecule has 1 saturated heterocycles. The second kappa shape index (κ2) is 9.01. The fraction of sp³-hybridized carbons (Fsp3) is 0.261. The number of rotatable bonds is 5. The normalized spacial score (nSPS) is 15.0. The van der Waals surface area contributed by atoms with Crippen LogP contribution in [0.3, 0.4) is 0 Å². The zero-order valence-electron chi connectivity index (χ0n) is 16.4. The number of anilines is 2. The van der Waals surface area contributed by atoms with Crippen LogP contribution < -0.4 is 5.32 Å². The largest absolute Gasteiger partial charge is 0.339 e. The van der Waals surface area contributed by atoms with Gasteiger partial charge in [-0.05, 0) is 55.0 Å². The quantitative estimate of drug-likeness (QED) is 0.607. The Morgan fingerprint density at radius 3 is 2.69 bits per heavy atom. The second-order valence-electron chi connectivity index (χ2n) is 7.22. The molecule has 0 radical (unpaired) electrons.